The molecule has 152 valence electrons. The third-order valence-corrected chi connectivity index (χ3v) is 4.64. The Morgan fingerprint density at radius 1 is 0.800 bits per heavy atom. The van der Waals surface area contributed by atoms with E-state index in [4.69, 9.17) is 0 Å². The predicted octanol–water partition coefficient (Wildman–Crippen LogP) is 5.25. The molecule has 0 atom stereocenters. The van der Waals surface area contributed by atoms with Gasteiger partial charge in [0.15, 0.2) is 0 Å². The molecule has 3 rings (SSSR count). The van der Waals surface area contributed by atoms with E-state index < -0.39 is 0 Å². The molecular formula is C25H25N3O2. The molecule has 0 spiro atoms. The second-order valence-corrected chi connectivity index (χ2v) is 6.96. The van der Waals surface area contributed by atoms with Crippen molar-refractivity contribution < 1.29 is 9.59 Å². The Bertz CT molecular complexity index is 1020. The van der Waals surface area contributed by atoms with Crippen molar-refractivity contribution in [3.8, 4) is 11.1 Å². The Hall–Kier alpha value is -3.73. The van der Waals surface area contributed by atoms with Crippen molar-refractivity contribution in [2.75, 3.05) is 5.32 Å². The van der Waals surface area contributed by atoms with Gasteiger partial charge in [0, 0.05) is 17.7 Å². The Morgan fingerprint density at radius 2 is 1.40 bits per heavy atom. The number of benzene rings is 3. The van der Waals surface area contributed by atoms with Crippen LogP contribution in [0.5, 0.6) is 0 Å². The highest BCUT2D eigenvalue weighted by Crippen LogP contribution is 2.19. The summed E-state index contributed by atoms with van der Waals surface area (Å²) in [5.74, 6) is -0.338. The van der Waals surface area contributed by atoms with Crippen LogP contribution in [0, 0.1) is 0 Å². The van der Waals surface area contributed by atoms with Crippen LogP contribution in [0.4, 0.5) is 5.69 Å². The molecule has 0 aliphatic heterocycles. The number of amides is 2. The van der Waals surface area contributed by atoms with Gasteiger partial charge in [-0.15, -0.1) is 0 Å². The molecular weight excluding hydrogens is 374 g/mol. The Labute approximate surface area is 176 Å². The highest BCUT2D eigenvalue weighted by atomic mass is 16.2. The first-order valence-electron chi connectivity index (χ1n) is 9.97. The van der Waals surface area contributed by atoms with Crippen LogP contribution in [0.1, 0.15) is 42.6 Å². The van der Waals surface area contributed by atoms with Crippen molar-refractivity contribution in [2.45, 2.75) is 26.7 Å². The lowest BCUT2D eigenvalue weighted by molar-refractivity contribution is -0.116. The van der Waals surface area contributed by atoms with Crippen LogP contribution in [0.2, 0.25) is 0 Å². The van der Waals surface area contributed by atoms with E-state index in [0.29, 0.717) is 23.4 Å². The highest BCUT2D eigenvalue weighted by molar-refractivity contribution is 6.01. The number of rotatable bonds is 7. The van der Waals surface area contributed by atoms with Gasteiger partial charge in [-0.3, -0.25) is 9.59 Å². The quantitative estimate of drug-likeness (QED) is 0.421. The molecule has 0 unspecified atom stereocenters. The fourth-order valence-corrected chi connectivity index (χ4v) is 2.95. The SMILES string of the molecule is CCCC(=O)Nc1ccc(C(=O)NN=C(C)c2ccc(-c3ccccc3)cc2)cc1. The third kappa shape index (κ3) is 5.64. The van der Waals surface area contributed by atoms with Gasteiger partial charge in [0.25, 0.3) is 5.91 Å². The molecule has 0 aliphatic carbocycles. The predicted molar refractivity (Wildman–Crippen MR) is 122 cm³/mol. The van der Waals surface area contributed by atoms with Crippen LogP contribution in [0.3, 0.4) is 0 Å². The number of nitrogens with zero attached hydrogens (tertiary/aromatic N) is 1. The normalized spacial score (nSPS) is 11.1. The maximum Gasteiger partial charge on any atom is 0.271 e. The lowest BCUT2D eigenvalue weighted by atomic mass is 10.0. The molecule has 0 aromatic heterocycles. The highest BCUT2D eigenvalue weighted by Gasteiger charge is 2.07. The topological polar surface area (TPSA) is 70.6 Å². The molecule has 0 radical (unpaired) electrons. The Kier molecular flexibility index (Phi) is 7.11. The zero-order valence-electron chi connectivity index (χ0n) is 17.2. The minimum absolute atomic E-state index is 0.0341. The van der Waals surface area contributed by atoms with E-state index in [1.165, 1.54) is 0 Å². The van der Waals surface area contributed by atoms with Gasteiger partial charge in [-0.1, -0.05) is 61.5 Å². The number of hydrogen-bond donors (Lipinski definition) is 2. The summed E-state index contributed by atoms with van der Waals surface area (Å²) in [4.78, 5) is 24.0. The van der Waals surface area contributed by atoms with E-state index in [-0.39, 0.29) is 11.8 Å². The molecule has 3 aromatic rings. The van der Waals surface area contributed by atoms with Gasteiger partial charge in [0.05, 0.1) is 5.71 Å². The summed E-state index contributed by atoms with van der Waals surface area (Å²) in [6.45, 7) is 3.80. The van der Waals surface area contributed by atoms with E-state index in [1.54, 1.807) is 24.3 Å². The van der Waals surface area contributed by atoms with Crippen molar-refractivity contribution in [1.82, 2.24) is 5.43 Å². The molecule has 5 heteroatoms. The van der Waals surface area contributed by atoms with Crippen LogP contribution >= 0.6 is 0 Å². The molecule has 0 heterocycles. The standard InChI is InChI=1S/C25H25N3O2/c1-3-7-24(29)26-23-16-14-22(15-17-23)25(30)28-27-18(2)19-10-12-21(13-11-19)20-8-5-4-6-9-20/h4-6,8-17H,3,7H2,1-2H3,(H,26,29)(H,28,30). The maximum atomic E-state index is 12.4. The molecule has 0 saturated heterocycles. The zero-order valence-corrected chi connectivity index (χ0v) is 17.2. The number of carbonyl (C=O) groups is 2. The minimum Gasteiger partial charge on any atom is -0.326 e. The first-order chi connectivity index (χ1) is 14.6. The molecule has 2 N–H and O–H groups in total. The van der Waals surface area contributed by atoms with Crippen molar-refractivity contribution in [2.24, 2.45) is 5.10 Å². The fraction of sp³-hybridized carbons (Fsp3) is 0.160. The van der Waals surface area contributed by atoms with Crippen molar-refractivity contribution in [1.29, 1.82) is 0 Å². The van der Waals surface area contributed by atoms with Gasteiger partial charge in [0.1, 0.15) is 0 Å². The molecule has 0 fully saturated rings. The molecule has 0 saturated carbocycles. The molecule has 30 heavy (non-hydrogen) atoms. The Morgan fingerprint density at radius 3 is 2.03 bits per heavy atom. The van der Waals surface area contributed by atoms with Crippen LogP contribution in [-0.4, -0.2) is 17.5 Å². The third-order valence-electron chi connectivity index (χ3n) is 4.64. The van der Waals surface area contributed by atoms with Gasteiger partial charge >= 0.3 is 0 Å². The van der Waals surface area contributed by atoms with Crippen molar-refractivity contribution >= 4 is 23.2 Å². The molecule has 0 aliphatic rings. The summed E-state index contributed by atoms with van der Waals surface area (Å²) in [5.41, 5.74) is 7.66. The molecule has 3 aromatic carbocycles. The summed E-state index contributed by atoms with van der Waals surface area (Å²) in [7, 11) is 0. The van der Waals surface area contributed by atoms with Crippen molar-refractivity contribution in [3.05, 3.63) is 90.0 Å². The summed E-state index contributed by atoms with van der Waals surface area (Å²) >= 11 is 0. The lowest BCUT2D eigenvalue weighted by Crippen LogP contribution is -2.19. The fourth-order valence-electron chi connectivity index (χ4n) is 2.95. The van der Waals surface area contributed by atoms with Crippen LogP contribution < -0.4 is 10.7 Å². The monoisotopic (exact) mass is 399 g/mol. The van der Waals surface area contributed by atoms with E-state index >= 15 is 0 Å². The first-order valence-corrected chi connectivity index (χ1v) is 9.97. The van der Waals surface area contributed by atoms with E-state index in [1.807, 2.05) is 56.3 Å². The van der Waals surface area contributed by atoms with E-state index in [0.717, 1.165) is 23.1 Å². The summed E-state index contributed by atoms with van der Waals surface area (Å²) in [6.07, 6.45) is 1.27. The average Bonchev–Trinajstić information content (AvgIpc) is 2.78. The van der Waals surface area contributed by atoms with Gasteiger partial charge in [-0.05, 0) is 54.3 Å². The minimum atomic E-state index is -0.304. The number of hydrogen-bond acceptors (Lipinski definition) is 3. The largest absolute Gasteiger partial charge is 0.326 e. The van der Waals surface area contributed by atoms with Crippen LogP contribution in [0.25, 0.3) is 11.1 Å². The van der Waals surface area contributed by atoms with Gasteiger partial charge in [0.2, 0.25) is 5.91 Å². The van der Waals surface area contributed by atoms with Crippen LogP contribution in [-0.2, 0) is 4.79 Å². The zero-order chi connectivity index (χ0) is 21.3. The number of nitrogens with one attached hydrogen (secondary N) is 2. The summed E-state index contributed by atoms with van der Waals surface area (Å²) in [6, 6.07) is 24.9. The van der Waals surface area contributed by atoms with Gasteiger partial charge < -0.3 is 5.32 Å². The molecule has 5 nitrogen and oxygen atoms in total. The average molecular weight is 399 g/mol. The van der Waals surface area contributed by atoms with Gasteiger partial charge in [-0.2, -0.15) is 5.10 Å². The van der Waals surface area contributed by atoms with Gasteiger partial charge in [-0.25, -0.2) is 5.43 Å². The second-order valence-electron chi connectivity index (χ2n) is 6.96. The van der Waals surface area contributed by atoms with E-state index in [2.05, 4.69) is 28.0 Å². The number of carbonyl (C=O) groups excluding carboxylic acids is 2. The first kappa shape index (κ1) is 21.0. The summed E-state index contributed by atoms with van der Waals surface area (Å²) in [5, 5.41) is 7.01. The smallest absolute Gasteiger partial charge is 0.271 e. The van der Waals surface area contributed by atoms with Crippen molar-refractivity contribution in [3.63, 3.8) is 0 Å². The maximum absolute atomic E-state index is 12.4. The van der Waals surface area contributed by atoms with Crippen LogP contribution in [0.15, 0.2) is 84.0 Å². The summed E-state index contributed by atoms with van der Waals surface area (Å²) < 4.78 is 0. The Balaban J connectivity index is 1.60. The number of anilines is 1. The lowest BCUT2D eigenvalue weighted by Gasteiger charge is -2.07. The molecule has 2 amide bonds. The second kappa shape index (κ2) is 10.2. The number of hydrazone groups is 1. The molecule has 0 bridgehead atoms. The van der Waals surface area contributed by atoms with E-state index in [9.17, 15) is 9.59 Å².